The van der Waals surface area contributed by atoms with Gasteiger partial charge in [-0.15, -0.1) is 11.3 Å². The van der Waals surface area contributed by atoms with Crippen molar-refractivity contribution in [1.82, 2.24) is 15.3 Å². The number of nitrogens with zero attached hydrogens (tertiary/aromatic N) is 3. The Hall–Kier alpha value is -3.07. The summed E-state index contributed by atoms with van der Waals surface area (Å²) in [4.78, 5) is 33.0. The van der Waals surface area contributed by atoms with Crippen LogP contribution < -0.4 is 10.6 Å². The lowest BCUT2D eigenvalue weighted by molar-refractivity contribution is -0.384. The number of rotatable bonds is 6. The van der Waals surface area contributed by atoms with E-state index in [0.29, 0.717) is 23.8 Å². The van der Waals surface area contributed by atoms with Gasteiger partial charge >= 0.3 is 0 Å². The van der Waals surface area contributed by atoms with Crippen LogP contribution >= 0.6 is 11.3 Å². The molecule has 1 amide bonds. The minimum absolute atomic E-state index is 0.0442. The predicted octanol–water partition coefficient (Wildman–Crippen LogP) is 3.37. The molecule has 9 heteroatoms. The first-order valence-corrected chi connectivity index (χ1v) is 9.19. The van der Waals surface area contributed by atoms with Crippen molar-refractivity contribution in [1.29, 1.82) is 0 Å². The lowest BCUT2D eigenvalue weighted by atomic mass is 10.1. The second-order valence-corrected chi connectivity index (χ2v) is 7.08. The summed E-state index contributed by atoms with van der Waals surface area (Å²) >= 11 is 1.37. The summed E-state index contributed by atoms with van der Waals surface area (Å²) in [6.07, 6.45) is 0. The van der Waals surface area contributed by atoms with Crippen LogP contribution in [-0.4, -0.2) is 33.9 Å². The molecule has 0 atom stereocenters. The molecule has 0 aliphatic heterocycles. The molecule has 2 N–H and O–H groups in total. The average Bonchev–Trinajstić information content (AvgIpc) is 2.95. The predicted molar refractivity (Wildman–Crippen MR) is 106 cm³/mol. The maximum Gasteiger partial charge on any atom is 0.269 e. The Kier molecular flexibility index (Phi) is 5.31. The number of aromatic nitrogens is 2. The number of anilines is 1. The topological polar surface area (TPSA) is 110 Å². The first-order valence-electron chi connectivity index (χ1n) is 8.37. The van der Waals surface area contributed by atoms with Gasteiger partial charge in [0.25, 0.3) is 11.6 Å². The van der Waals surface area contributed by atoms with Crippen LogP contribution in [0, 0.1) is 30.9 Å². The van der Waals surface area contributed by atoms with Gasteiger partial charge in [-0.1, -0.05) is 0 Å². The molecule has 0 saturated carbocycles. The summed E-state index contributed by atoms with van der Waals surface area (Å²) in [5.41, 5.74) is 2.58. The molecule has 0 unspecified atom stereocenters. The molecule has 1 aromatic carbocycles. The molecule has 0 aliphatic carbocycles. The SMILES string of the molecule is Cc1nc(C)c2c(C)c(C(=O)NCCNc3ccc([N+](=O)[O-])cc3)sc2n1. The molecule has 0 saturated heterocycles. The number of hydrogen-bond acceptors (Lipinski definition) is 7. The summed E-state index contributed by atoms with van der Waals surface area (Å²) in [7, 11) is 0. The molecule has 0 aliphatic rings. The summed E-state index contributed by atoms with van der Waals surface area (Å²) < 4.78 is 0. The molecule has 0 fully saturated rings. The van der Waals surface area contributed by atoms with Crippen LogP contribution in [0.5, 0.6) is 0 Å². The summed E-state index contributed by atoms with van der Waals surface area (Å²) in [5.74, 6) is 0.554. The first kappa shape index (κ1) is 18.7. The molecule has 3 rings (SSSR count). The van der Waals surface area contributed by atoms with Gasteiger partial charge in [-0.2, -0.15) is 0 Å². The molecule has 0 spiro atoms. The Labute approximate surface area is 159 Å². The molecule has 2 aromatic heterocycles. The minimum atomic E-state index is -0.440. The van der Waals surface area contributed by atoms with Crippen molar-refractivity contribution >= 4 is 38.8 Å². The van der Waals surface area contributed by atoms with E-state index < -0.39 is 4.92 Å². The normalized spacial score (nSPS) is 10.8. The fourth-order valence-electron chi connectivity index (χ4n) is 2.85. The van der Waals surface area contributed by atoms with E-state index in [-0.39, 0.29) is 11.6 Å². The Bertz CT molecular complexity index is 1010. The second-order valence-electron chi connectivity index (χ2n) is 6.08. The van der Waals surface area contributed by atoms with Gasteiger partial charge in [-0.25, -0.2) is 9.97 Å². The number of nitrogens with one attached hydrogen (secondary N) is 2. The van der Waals surface area contributed by atoms with Gasteiger partial charge in [-0.05, 0) is 38.5 Å². The average molecular weight is 385 g/mol. The van der Waals surface area contributed by atoms with Crippen molar-refractivity contribution in [3.8, 4) is 0 Å². The number of amides is 1. The van der Waals surface area contributed by atoms with Gasteiger partial charge in [0.15, 0.2) is 0 Å². The van der Waals surface area contributed by atoms with Crippen molar-refractivity contribution in [3.63, 3.8) is 0 Å². The maximum atomic E-state index is 12.5. The molecule has 0 bridgehead atoms. The van der Waals surface area contributed by atoms with Crippen molar-refractivity contribution in [2.45, 2.75) is 20.8 Å². The lowest BCUT2D eigenvalue weighted by Crippen LogP contribution is -2.28. The van der Waals surface area contributed by atoms with Crippen LogP contribution in [0.15, 0.2) is 24.3 Å². The van der Waals surface area contributed by atoms with Crippen LogP contribution in [0.3, 0.4) is 0 Å². The van der Waals surface area contributed by atoms with Crippen molar-refractivity contribution < 1.29 is 9.72 Å². The first-order chi connectivity index (χ1) is 12.9. The second kappa shape index (κ2) is 7.67. The van der Waals surface area contributed by atoms with Gasteiger partial charge in [0.2, 0.25) is 0 Å². The Balaban J connectivity index is 1.60. The zero-order valence-electron chi connectivity index (χ0n) is 15.2. The number of non-ortho nitro benzene ring substituents is 1. The molecule has 2 heterocycles. The number of hydrogen-bond donors (Lipinski definition) is 2. The molecule has 27 heavy (non-hydrogen) atoms. The molecule has 3 aromatic rings. The number of fused-ring (bicyclic) bond motifs is 1. The molecular weight excluding hydrogens is 366 g/mol. The smallest absolute Gasteiger partial charge is 0.269 e. The Morgan fingerprint density at radius 3 is 2.52 bits per heavy atom. The zero-order chi connectivity index (χ0) is 19.6. The van der Waals surface area contributed by atoms with E-state index in [1.165, 1.54) is 23.5 Å². The van der Waals surface area contributed by atoms with Crippen molar-refractivity contribution in [2.75, 3.05) is 18.4 Å². The van der Waals surface area contributed by atoms with Gasteiger partial charge < -0.3 is 10.6 Å². The maximum absolute atomic E-state index is 12.5. The highest BCUT2D eigenvalue weighted by Crippen LogP contribution is 2.31. The minimum Gasteiger partial charge on any atom is -0.383 e. The number of aryl methyl sites for hydroxylation is 3. The zero-order valence-corrected chi connectivity index (χ0v) is 16.0. The van der Waals surface area contributed by atoms with Crippen LogP contribution in [0.2, 0.25) is 0 Å². The number of carbonyl (C=O) groups excluding carboxylic acids is 1. The third kappa shape index (κ3) is 4.03. The monoisotopic (exact) mass is 385 g/mol. The molecular formula is C18H19N5O3S. The summed E-state index contributed by atoms with van der Waals surface area (Å²) in [6.45, 7) is 6.60. The number of nitro groups is 1. The largest absolute Gasteiger partial charge is 0.383 e. The molecule has 8 nitrogen and oxygen atoms in total. The fraction of sp³-hybridized carbons (Fsp3) is 0.278. The highest BCUT2D eigenvalue weighted by atomic mass is 32.1. The third-order valence-electron chi connectivity index (χ3n) is 4.11. The number of nitro benzene ring substituents is 1. The van der Waals surface area contributed by atoms with Crippen molar-refractivity contribution in [3.05, 3.63) is 56.3 Å². The molecule has 140 valence electrons. The number of benzene rings is 1. The van der Waals surface area contributed by atoms with Crippen LogP contribution in [0.1, 0.15) is 26.8 Å². The highest BCUT2D eigenvalue weighted by molar-refractivity contribution is 7.20. The Morgan fingerprint density at radius 2 is 1.85 bits per heavy atom. The summed E-state index contributed by atoms with van der Waals surface area (Å²) in [6, 6.07) is 6.15. The lowest BCUT2D eigenvalue weighted by Gasteiger charge is -2.07. The van der Waals surface area contributed by atoms with E-state index in [1.807, 2.05) is 20.8 Å². The van der Waals surface area contributed by atoms with E-state index in [1.54, 1.807) is 12.1 Å². The summed E-state index contributed by atoms with van der Waals surface area (Å²) in [5, 5.41) is 17.6. The molecule has 0 radical (unpaired) electrons. The van der Waals surface area contributed by atoms with E-state index in [4.69, 9.17) is 0 Å². The van der Waals surface area contributed by atoms with E-state index in [0.717, 1.165) is 27.2 Å². The fourth-order valence-corrected chi connectivity index (χ4v) is 4.05. The van der Waals surface area contributed by atoms with Gasteiger partial charge in [0.05, 0.1) is 9.80 Å². The van der Waals surface area contributed by atoms with E-state index >= 15 is 0 Å². The van der Waals surface area contributed by atoms with Gasteiger partial charge in [-0.3, -0.25) is 14.9 Å². The van der Waals surface area contributed by atoms with Crippen LogP contribution in [0.25, 0.3) is 10.2 Å². The number of thiophene rings is 1. The van der Waals surface area contributed by atoms with Gasteiger partial charge in [0.1, 0.15) is 10.7 Å². The van der Waals surface area contributed by atoms with E-state index in [9.17, 15) is 14.9 Å². The van der Waals surface area contributed by atoms with Gasteiger partial charge in [0, 0.05) is 42.0 Å². The van der Waals surface area contributed by atoms with Crippen LogP contribution in [-0.2, 0) is 0 Å². The quantitative estimate of drug-likeness (QED) is 0.382. The standard InChI is InChI=1S/C18H19N5O3S/c1-10-15-11(2)21-12(3)22-18(15)27-16(10)17(24)20-9-8-19-13-4-6-14(7-5-13)23(25)26/h4-7,19H,8-9H2,1-3H3,(H,20,24). The van der Waals surface area contributed by atoms with Crippen LogP contribution in [0.4, 0.5) is 11.4 Å². The van der Waals surface area contributed by atoms with Crippen molar-refractivity contribution in [2.24, 2.45) is 0 Å². The Morgan fingerprint density at radius 1 is 1.15 bits per heavy atom. The number of carbonyl (C=O) groups is 1. The third-order valence-corrected chi connectivity index (χ3v) is 5.29. The highest BCUT2D eigenvalue weighted by Gasteiger charge is 2.18. The van der Waals surface area contributed by atoms with E-state index in [2.05, 4.69) is 20.6 Å².